The lowest BCUT2D eigenvalue weighted by Crippen LogP contribution is -2.14. The van der Waals surface area contributed by atoms with Crippen molar-refractivity contribution in [3.63, 3.8) is 0 Å². The topological polar surface area (TPSA) is 38.3 Å². The highest BCUT2D eigenvalue weighted by molar-refractivity contribution is 7.99. The van der Waals surface area contributed by atoms with Gasteiger partial charge in [0.05, 0.1) is 11.4 Å². The number of benzene rings is 3. The highest BCUT2D eigenvalue weighted by atomic mass is 35.5. The van der Waals surface area contributed by atoms with Crippen molar-refractivity contribution in [2.24, 2.45) is 0 Å². The van der Waals surface area contributed by atoms with E-state index in [0.717, 1.165) is 11.3 Å². The van der Waals surface area contributed by atoms with E-state index in [-0.39, 0.29) is 5.91 Å². The Hall–Kier alpha value is -2.14. The molecule has 0 bridgehead atoms. The van der Waals surface area contributed by atoms with Crippen molar-refractivity contribution in [3.8, 4) is 11.5 Å². The standard InChI is InChI=1S/C21H17Cl2NO2S/c22-16-8-6-15(7-9-16)13-27-14-21(25)24-19-12-17(23)10-11-20(19)26-18-4-2-1-3-5-18/h1-12H,13-14H2,(H,24,25). The summed E-state index contributed by atoms with van der Waals surface area (Å²) < 4.78 is 5.86. The lowest BCUT2D eigenvalue weighted by Gasteiger charge is -2.13. The molecule has 27 heavy (non-hydrogen) atoms. The van der Waals surface area contributed by atoms with E-state index in [1.165, 1.54) is 11.8 Å². The molecule has 3 nitrogen and oxygen atoms in total. The Balaban J connectivity index is 1.59. The number of anilines is 1. The van der Waals surface area contributed by atoms with Gasteiger partial charge in [0.2, 0.25) is 5.91 Å². The molecule has 3 aromatic rings. The third kappa shape index (κ3) is 6.21. The number of amides is 1. The van der Waals surface area contributed by atoms with Gasteiger partial charge < -0.3 is 10.1 Å². The number of hydrogen-bond donors (Lipinski definition) is 1. The van der Waals surface area contributed by atoms with Gasteiger partial charge >= 0.3 is 0 Å². The Bertz CT molecular complexity index is 902. The zero-order chi connectivity index (χ0) is 19.1. The molecule has 6 heteroatoms. The van der Waals surface area contributed by atoms with Crippen LogP contribution in [0.25, 0.3) is 0 Å². The first kappa shape index (κ1) is 19.6. The molecule has 0 radical (unpaired) electrons. The van der Waals surface area contributed by atoms with Crippen LogP contribution in [0.15, 0.2) is 72.8 Å². The predicted molar refractivity (Wildman–Crippen MR) is 114 cm³/mol. The van der Waals surface area contributed by atoms with Crippen LogP contribution < -0.4 is 10.1 Å². The first-order valence-corrected chi connectivity index (χ1v) is 10.2. The van der Waals surface area contributed by atoms with Crippen LogP contribution in [0.4, 0.5) is 5.69 Å². The van der Waals surface area contributed by atoms with Gasteiger partial charge in [-0.15, -0.1) is 11.8 Å². The van der Waals surface area contributed by atoms with E-state index in [1.54, 1.807) is 18.2 Å². The van der Waals surface area contributed by atoms with Crippen molar-refractivity contribution < 1.29 is 9.53 Å². The van der Waals surface area contributed by atoms with Crippen molar-refractivity contribution in [2.45, 2.75) is 5.75 Å². The van der Waals surface area contributed by atoms with Crippen LogP contribution in [0.2, 0.25) is 10.0 Å². The molecule has 138 valence electrons. The average Bonchev–Trinajstić information content (AvgIpc) is 2.66. The van der Waals surface area contributed by atoms with Gasteiger partial charge in [-0.1, -0.05) is 53.5 Å². The summed E-state index contributed by atoms with van der Waals surface area (Å²) in [7, 11) is 0. The monoisotopic (exact) mass is 417 g/mol. The third-order valence-electron chi connectivity index (χ3n) is 3.60. The Morgan fingerprint density at radius 3 is 2.37 bits per heavy atom. The Labute approximate surface area is 172 Å². The van der Waals surface area contributed by atoms with Crippen LogP contribution in [0.3, 0.4) is 0 Å². The molecule has 0 unspecified atom stereocenters. The number of para-hydroxylation sites is 1. The molecule has 0 aliphatic rings. The van der Waals surface area contributed by atoms with E-state index < -0.39 is 0 Å². The molecular weight excluding hydrogens is 401 g/mol. The summed E-state index contributed by atoms with van der Waals surface area (Å²) in [5.74, 6) is 2.16. The summed E-state index contributed by atoms with van der Waals surface area (Å²) in [5.41, 5.74) is 1.66. The maximum absolute atomic E-state index is 12.3. The van der Waals surface area contributed by atoms with Crippen LogP contribution in [0.1, 0.15) is 5.56 Å². The van der Waals surface area contributed by atoms with Gasteiger partial charge in [0.25, 0.3) is 0 Å². The van der Waals surface area contributed by atoms with Gasteiger partial charge in [0.1, 0.15) is 5.75 Å². The lowest BCUT2D eigenvalue weighted by molar-refractivity contribution is -0.113. The number of ether oxygens (including phenoxy) is 1. The molecule has 3 rings (SSSR count). The molecule has 0 heterocycles. The Morgan fingerprint density at radius 2 is 1.63 bits per heavy atom. The van der Waals surface area contributed by atoms with Gasteiger partial charge in [-0.2, -0.15) is 0 Å². The largest absolute Gasteiger partial charge is 0.455 e. The van der Waals surface area contributed by atoms with Gasteiger partial charge in [-0.25, -0.2) is 0 Å². The number of carbonyl (C=O) groups excluding carboxylic acids is 1. The minimum Gasteiger partial charge on any atom is -0.455 e. The maximum Gasteiger partial charge on any atom is 0.234 e. The SMILES string of the molecule is O=C(CSCc1ccc(Cl)cc1)Nc1cc(Cl)ccc1Oc1ccccc1. The second-order valence-electron chi connectivity index (χ2n) is 5.72. The molecule has 0 fully saturated rings. The fourth-order valence-electron chi connectivity index (χ4n) is 2.33. The Kier molecular flexibility index (Phi) is 7.04. The second-order valence-corrected chi connectivity index (χ2v) is 7.58. The summed E-state index contributed by atoms with van der Waals surface area (Å²) in [6, 6.07) is 22.1. The van der Waals surface area contributed by atoms with Gasteiger partial charge in [-0.3, -0.25) is 4.79 Å². The van der Waals surface area contributed by atoms with E-state index in [4.69, 9.17) is 27.9 Å². The molecule has 3 aromatic carbocycles. The summed E-state index contributed by atoms with van der Waals surface area (Å²) in [5, 5.41) is 4.11. The second kappa shape index (κ2) is 9.70. The highest BCUT2D eigenvalue weighted by Gasteiger charge is 2.10. The first-order chi connectivity index (χ1) is 13.1. The molecular formula is C21H17Cl2NO2S. The minimum atomic E-state index is -0.117. The number of hydrogen-bond acceptors (Lipinski definition) is 3. The highest BCUT2D eigenvalue weighted by Crippen LogP contribution is 2.32. The first-order valence-electron chi connectivity index (χ1n) is 8.24. The van der Waals surface area contributed by atoms with Gasteiger partial charge in [0, 0.05) is 15.8 Å². The zero-order valence-corrected chi connectivity index (χ0v) is 16.7. The lowest BCUT2D eigenvalue weighted by atomic mass is 10.2. The predicted octanol–water partition coefficient (Wildman–Crippen LogP) is 6.66. The molecule has 1 amide bonds. The minimum absolute atomic E-state index is 0.117. The Morgan fingerprint density at radius 1 is 0.926 bits per heavy atom. The van der Waals surface area contributed by atoms with E-state index in [9.17, 15) is 4.79 Å². The average molecular weight is 418 g/mol. The molecule has 0 saturated carbocycles. The van der Waals surface area contributed by atoms with E-state index in [1.807, 2.05) is 54.6 Å². The smallest absolute Gasteiger partial charge is 0.234 e. The summed E-state index contributed by atoms with van der Waals surface area (Å²) in [4.78, 5) is 12.3. The zero-order valence-electron chi connectivity index (χ0n) is 14.3. The van der Waals surface area contributed by atoms with E-state index in [2.05, 4.69) is 5.32 Å². The molecule has 1 N–H and O–H groups in total. The van der Waals surface area contributed by atoms with Crippen molar-refractivity contribution in [2.75, 3.05) is 11.1 Å². The van der Waals surface area contributed by atoms with Gasteiger partial charge in [-0.05, 0) is 48.0 Å². The molecule has 0 aliphatic heterocycles. The van der Waals surface area contributed by atoms with Gasteiger partial charge in [0.15, 0.2) is 5.75 Å². The van der Waals surface area contributed by atoms with Crippen molar-refractivity contribution in [1.82, 2.24) is 0 Å². The van der Waals surface area contributed by atoms with E-state index >= 15 is 0 Å². The van der Waals surface area contributed by atoms with Crippen molar-refractivity contribution in [1.29, 1.82) is 0 Å². The van der Waals surface area contributed by atoms with Crippen LogP contribution in [-0.2, 0) is 10.5 Å². The van der Waals surface area contributed by atoms with Crippen molar-refractivity contribution >= 4 is 46.6 Å². The molecule has 0 aliphatic carbocycles. The summed E-state index contributed by atoms with van der Waals surface area (Å²) >= 11 is 13.5. The number of halogens is 2. The number of nitrogens with one attached hydrogen (secondary N) is 1. The normalized spacial score (nSPS) is 10.4. The van der Waals surface area contributed by atoms with Crippen molar-refractivity contribution in [3.05, 3.63) is 88.4 Å². The summed E-state index contributed by atoms with van der Waals surface area (Å²) in [6.45, 7) is 0. The molecule has 0 aromatic heterocycles. The molecule has 0 spiro atoms. The van der Waals surface area contributed by atoms with Crippen LogP contribution in [0.5, 0.6) is 11.5 Å². The number of rotatable bonds is 7. The summed E-state index contributed by atoms with van der Waals surface area (Å²) in [6.07, 6.45) is 0. The number of thioether (sulfide) groups is 1. The quantitative estimate of drug-likeness (QED) is 0.466. The molecule has 0 atom stereocenters. The number of carbonyl (C=O) groups is 1. The maximum atomic E-state index is 12.3. The fourth-order valence-corrected chi connectivity index (χ4v) is 3.42. The van der Waals surface area contributed by atoms with Crippen LogP contribution in [-0.4, -0.2) is 11.7 Å². The van der Waals surface area contributed by atoms with Crippen LogP contribution >= 0.6 is 35.0 Å². The molecule has 0 saturated heterocycles. The van der Waals surface area contributed by atoms with Crippen LogP contribution in [0, 0.1) is 0 Å². The fraction of sp³-hybridized carbons (Fsp3) is 0.0952. The van der Waals surface area contributed by atoms with E-state index in [0.29, 0.717) is 33.0 Å². The third-order valence-corrected chi connectivity index (χ3v) is 5.09.